The van der Waals surface area contributed by atoms with Gasteiger partial charge in [-0.05, 0) is 6.42 Å². The van der Waals surface area contributed by atoms with Crippen molar-refractivity contribution >= 4 is 29.7 Å². The van der Waals surface area contributed by atoms with E-state index in [9.17, 15) is 9.59 Å². The number of rotatable bonds is 5. The van der Waals surface area contributed by atoms with Crippen molar-refractivity contribution < 1.29 is 14.7 Å². The Balaban J connectivity index is 2.47. The van der Waals surface area contributed by atoms with Crippen LogP contribution in [0.3, 0.4) is 0 Å². The summed E-state index contributed by atoms with van der Waals surface area (Å²) in [5.74, 6) is -1.60. The van der Waals surface area contributed by atoms with Crippen LogP contribution in [0.2, 0.25) is 0 Å². The number of nitrogen functional groups attached to an aromatic ring is 2. The fraction of sp³-hybridized carbons (Fsp3) is 0.375. The third kappa shape index (κ3) is 4.73. The van der Waals surface area contributed by atoms with Gasteiger partial charge in [-0.3, -0.25) is 14.9 Å². The number of nitrogens with two attached hydrogens (primary N) is 2. The summed E-state index contributed by atoms with van der Waals surface area (Å²) in [6.07, 6.45) is 0.212. The van der Waals surface area contributed by atoms with Gasteiger partial charge in [-0.15, -0.1) is 0 Å². The zero-order valence-electron chi connectivity index (χ0n) is 8.88. The van der Waals surface area contributed by atoms with E-state index in [1.54, 1.807) is 0 Å². The maximum absolute atomic E-state index is 11.3. The number of carbonyl (C=O) groups excluding carboxylic acids is 1. The third-order valence-electron chi connectivity index (χ3n) is 1.72. The van der Waals surface area contributed by atoms with Crippen molar-refractivity contribution in [3.63, 3.8) is 0 Å². The molecule has 0 saturated carbocycles. The summed E-state index contributed by atoms with van der Waals surface area (Å²) >= 11 is 0. The molecule has 0 fully saturated rings. The molecule has 1 heterocycles. The van der Waals surface area contributed by atoms with Crippen molar-refractivity contribution in [3.8, 4) is 0 Å². The molecule has 0 bridgehead atoms. The number of amides is 1. The molecule has 1 aromatic heterocycles. The first-order valence-corrected chi connectivity index (χ1v) is 4.76. The second-order valence-corrected chi connectivity index (χ2v) is 3.17. The summed E-state index contributed by atoms with van der Waals surface area (Å²) in [7, 11) is 0. The van der Waals surface area contributed by atoms with Gasteiger partial charge in [-0.1, -0.05) is 0 Å². The van der Waals surface area contributed by atoms with E-state index in [4.69, 9.17) is 16.6 Å². The van der Waals surface area contributed by atoms with Gasteiger partial charge in [0, 0.05) is 12.8 Å². The molecule has 17 heavy (non-hydrogen) atoms. The zero-order valence-corrected chi connectivity index (χ0v) is 8.88. The van der Waals surface area contributed by atoms with Crippen molar-refractivity contribution in [2.45, 2.75) is 19.3 Å². The van der Waals surface area contributed by atoms with E-state index in [0.717, 1.165) is 0 Å². The van der Waals surface area contributed by atoms with Gasteiger partial charge in [0.15, 0.2) is 0 Å². The van der Waals surface area contributed by atoms with Crippen LogP contribution in [0.4, 0.5) is 17.8 Å². The zero-order chi connectivity index (χ0) is 12.8. The quantitative estimate of drug-likeness (QED) is 0.522. The standard InChI is InChI=1S/C8H12N6O3/c9-6-12-7(10)14-8(13-6)11-4(15)2-1-3-5(16)17/h1-3H2,(H,16,17)(H5,9,10,11,12,13,14,15). The maximum Gasteiger partial charge on any atom is 0.303 e. The van der Waals surface area contributed by atoms with Gasteiger partial charge in [0.1, 0.15) is 0 Å². The number of nitrogens with one attached hydrogen (secondary N) is 1. The molecule has 0 spiro atoms. The lowest BCUT2D eigenvalue weighted by atomic mass is 10.2. The molecule has 0 unspecified atom stereocenters. The van der Waals surface area contributed by atoms with Gasteiger partial charge in [-0.25, -0.2) is 0 Å². The van der Waals surface area contributed by atoms with Gasteiger partial charge >= 0.3 is 5.97 Å². The molecule has 1 amide bonds. The number of aromatic nitrogens is 3. The Morgan fingerprint density at radius 3 is 2.24 bits per heavy atom. The van der Waals surface area contributed by atoms with Gasteiger partial charge in [0.2, 0.25) is 23.8 Å². The Morgan fingerprint density at radius 2 is 1.71 bits per heavy atom. The van der Waals surface area contributed by atoms with Crippen LogP contribution in [-0.4, -0.2) is 31.9 Å². The molecule has 0 saturated heterocycles. The van der Waals surface area contributed by atoms with Crippen LogP contribution in [0.5, 0.6) is 0 Å². The third-order valence-corrected chi connectivity index (χ3v) is 1.72. The van der Waals surface area contributed by atoms with E-state index in [1.165, 1.54) is 0 Å². The van der Waals surface area contributed by atoms with Gasteiger partial charge < -0.3 is 16.6 Å². The van der Waals surface area contributed by atoms with E-state index >= 15 is 0 Å². The average Bonchev–Trinajstić information content (AvgIpc) is 2.14. The number of nitrogens with zero attached hydrogens (tertiary/aromatic N) is 3. The first kappa shape index (κ1) is 12.6. The van der Waals surface area contributed by atoms with Gasteiger partial charge in [0.05, 0.1) is 0 Å². The molecule has 6 N–H and O–H groups in total. The fourth-order valence-corrected chi connectivity index (χ4v) is 1.05. The second-order valence-electron chi connectivity index (χ2n) is 3.17. The predicted octanol–water partition coefficient (Wildman–Crippen LogP) is -0.771. The number of anilines is 3. The molecule has 0 aromatic carbocycles. The molecular weight excluding hydrogens is 228 g/mol. The minimum Gasteiger partial charge on any atom is -0.481 e. The summed E-state index contributed by atoms with van der Waals surface area (Å²) in [6.45, 7) is 0. The highest BCUT2D eigenvalue weighted by Gasteiger charge is 2.07. The van der Waals surface area contributed by atoms with Gasteiger partial charge in [-0.2, -0.15) is 15.0 Å². The molecule has 1 rings (SSSR count). The molecule has 0 radical (unpaired) electrons. The van der Waals surface area contributed by atoms with Crippen LogP contribution < -0.4 is 16.8 Å². The Morgan fingerprint density at radius 1 is 1.12 bits per heavy atom. The van der Waals surface area contributed by atoms with Gasteiger partial charge in [0.25, 0.3) is 0 Å². The number of carboxylic acids is 1. The molecule has 0 atom stereocenters. The minimum absolute atomic E-state index is 0.0460. The molecule has 92 valence electrons. The van der Waals surface area contributed by atoms with E-state index in [1.807, 2.05) is 0 Å². The summed E-state index contributed by atoms with van der Waals surface area (Å²) < 4.78 is 0. The summed E-state index contributed by atoms with van der Waals surface area (Å²) in [5, 5.41) is 10.7. The van der Waals surface area contributed by atoms with E-state index < -0.39 is 11.9 Å². The lowest BCUT2D eigenvalue weighted by molar-refractivity contribution is -0.137. The minimum atomic E-state index is -0.952. The molecule has 9 heteroatoms. The SMILES string of the molecule is Nc1nc(N)nc(NC(=O)CCCC(=O)O)n1. The lowest BCUT2D eigenvalue weighted by Gasteiger charge is -2.03. The summed E-state index contributed by atoms with van der Waals surface area (Å²) in [6, 6.07) is 0. The van der Waals surface area contributed by atoms with Crippen LogP contribution >= 0.6 is 0 Å². The smallest absolute Gasteiger partial charge is 0.303 e. The first-order valence-electron chi connectivity index (χ1n) is 4.76. The Labute approximate surface area is 96.3 Å². The van der Waals surface area contributed by atoms with Crippen LogP contribution in [0.15, 0.2) is 0 Å². The Hall–Kier alpha value is -2.45. The predicted molar refractivity (Wildman–Crippen MR) is 58.8 cm³/mol. The molecule has 0 aliphatic rings. The van der Waals surface area contributed by atoms with Crippen LogP contribution in [0.25, 0.3) is 0 Å². The average molecular weight is 240 g/mol. The first-order chi connectivity index (χ1) is 7.97. The topological polar surface area (TPSA) is 157 Å². The number of carboxylic acid groups (broad SMARTS) is 1. The highest BCUT2D eigenvalue weighted by atomic mass is 16.4. The normalized spacial score (nSPS) is 9.88. The van der Waals surface area contributed by atoms with E-state index in [0.29, 0.717) is 0 Å². The molecule has 9 nitrogen and oxygen atoms in total. The largest absolute Gasteiger partial charge is 0.481 e. The van der Waals surface area contributed by atoms with Crippen molar-refractivity contribution in [2.75, 3.05) is 16.8 Å². The van der Waals surface area contributed by atoms with Crippen molar-refractivity contribution in [3.05, 3.63) is 0 Å². The van der Waals surface area contributed by atoms with Crippen LogP contribution in [-0.2, 0) is 9.59 Å². The fourth-order valence-electron chi connectivity index (χ4n) is 1.05. The van der Waals surface area contributed by atoms with Crippen molar-refractivity contribution in [1.82, 2.24) is 15.0 Å². The highest BCUT2D eigenvalue weighted by Crippen LogP contribution is 2.05. The van der Waals surface area contributed by atoms with Crippen LogP contribution in [0, 0.1) is 0 Å². The summed E-state index contributed by atoms with van der Waals surface area (Å²) in [4.78, 5) is 32.4. The summed E-state index contributed by atoms with van der Waals surface area (Å²) in [5.41, 5.74) is 10.6. The monoisotopic (exact) mass is 240 g/mol. The highest BCUT2D eigenvalue weighted by molar-refractivity contribution is 5.89. The van der Waals surface area contributed by atoms with E-state index in [2.05, 4.69) is 20.3 Å². The second kappa shape index (κ2) is 5.58. The number of hydrogen-bond acceptors (Lipinski definition) is 7. The van der Waals surface area contributed by atoms with Crippen molar-refractivity contribution in [2.24, 2.45) is 0 Å². The Bertz CT molecular complexity index is 415. The molecule has 1 aromatic rings. The van der Waals surface area contributed by atoms with Crippen LogP contribution in [0.1, 0.15) is 19.3 Å². The number of carbonyl (C=O) groups is 2. The molecule has 0 aliphatic carbocycles. The lowest BCUT2D eigenvalue weighted by Crippen LogP contribution is -2.16. The number of aliphatic carboxylic acids is 1. The molecular formula is C8H12N6O3. The Kier molecular flexibility index (Phi) is 4.14. The van der Waals surface area contributed by atoms with Crippen molar-refractivity contribution in [1.29, 1.82) is 0 Å². The number of hydrogen-bond donors (Lipinski definition) is 4. The molecule has 0 aliphatic heterocycles. The maximum atomic E-state index is 11.3. The van der Waals surface area contributed by atoms with E-state index in [-0.39, 0.29) is 37.1 Å².